The quantitative estimate of drug-likeness (QED) is 0.108. The highest BCUT2D eigenvalue weighted by Gasteiger charge is 2.60. The van der Waals surface area contributed by atoms with Gasteiger partial charge >= 0.3 is 0 Å². The number of rotatable bonds is 21. The maximum atomic E-state index is 14.9. The second-order valence-corrected chi connectivity index (χ2v) is 20.6. The Labute approximate surface area is 404 Å². The summed E-state index contributed by atoms with van der Waals surface area (Å²) >= 11 is 0. The van der Waals surface area contributed by atoms with Crippen LogP contribution in [-0.4, -0.2) is 122 Å². The number of amides is 3. The normalized spacial score (nSPS) is 25.4. The van der Waals surface area contributed by atoms with E-state index in [0.717, 1.165) is 64.2 Å². The van der Waals surface area contributed by atoms with Crippen molar-refractivity contribution in [3.05, 3.63) is 87.1 Å². The highest BCUT2D eigenvalue weighted by Crippen LogP contribution is 2.66. The number of halogens is 1. The maximum Gasteiger partial charge on any atom is 0.272 e. The number of piperazine rings is 1. The van der Waals surface area contributed by atoms with Gasteiger partial charge in [-0.3, -0.25) is 28.8 Å². The van der Waals surface area contributed by atoms with E-state index in [1.54, 1.807) is 28.0 Å². The highest BCUT2D eigenvalue weighted by molar-refractivity contribution is 5.95. The lowest BCUT2D eigenvalue weighted by Crippen LogP contribution is -2.51. The van der Waals surface area contributed by atoms with Crippen molar-refractivity contribution in [3.8, 4) is 0 Å². The summed E-state index contributed by atoms with van der Waals surface area (Å²) in [6.45, 7) is 7.95. The minimum atomic E-state index is -0.631. The molecule has 69 heavy (non-hydrogen) atoms. The summed E-state index contributed by atoms with van der Waals surface area (Å²) in [6, 6.07) is 11.5. The summed E-state index contributed by atoms with van der Waals surface area (Å²) in [4.78, 5) is 79.6. The van der Waals surface area contributed by atoms with Gasteiger partial charge in [-0.25, -0.2) is 9.49 Å². The summed E-state index contributed by atoms with van der Waals surface area (Å²) in [5.41, 5.74) is 2.51. The van der Waals surface area contributed by atoms with Crippen LogP contribution in [0, 0.1) is 40.3 Å². The summed E-state index contributed by atoms with van der Waals surface area (Å²) in [6.07, 6.45) is 13.9. The second-order valence-electron chi connectivity index (χ2n) is 20.6. The van der Waals surface area contributed by atoms with Crippen LogP contribution in [0.2, 0.25) is 0 Å². The molecule has 6 atom stereocenters. The van der Waals surface area contributed by atoms with Gasteiger partial charge in [0.1, 0.15) is 19.0 Å². The number of fused-ring (bicyclic) bond motifs is 6. The SMILES string of the molecule is C[C@]12CCC3[C@@H](CCC4=CC(=O)CC[C@@]43C)[C@@H]1CC[C@@H]2C(=O)COCCCCCC(=O)NCCCOCCOCC(=O)N1CCN(C(=O)c2cc(Cc3n[nH]c(=O)c4ccccc34)ccc2F)CC1. The van der Waals surface area contributed by atoms with Crippen molar-refractivity contribution in [2.45, 2.75) is 104 Å². The number of Topliss-reactive ketones (excluding diaryl/α,β-unsaturated/α-hetero) is 1. The summed E-state index contributed by atoms with van der Waals surface area (Å²) in [5.74, 6) is 1.17. The highest BCUT2D eigenvalue weighted by atomic mass is 19.1. The number of hydrogen-bond acceptors (Lipinski definition) is 10. The molecule has 4 fully saturated rings. The van der Waals surface area contributed by atoms with E-state index < -0.39 is 11.7 Å². The number of H-pyrrole nitrogens is 1. The van der Waals surface area contributed by atoms with Gasteiger partial charge in [0.15, 0.2) is 11.6 Å². The van der Waals surface area contributed by atoms with Crippen molar-refractivity contribution in [3.63, 3.8) is 0 Å². The zero-order chi connectivity index (χ0) is 48.5. The summed E-state index contributed by atoms with van der Waals surface area (Å²) in [7, 11) is 0. The molecule has 1 unspecified atom stereocenters. The molecule has 1 aromatic heterocycles. The van der Waals surface area contributed by atoms with Crippen LogP contribution in [0.3, 0.4) is 0 Å². The van der Waals surface area contributed by atoms with Crippen molar-refractivity contribution in [1.82, 2.24) is 25.3 Å². The first-order chi connectivity index (χ1) is 33.4. The van der Waals surface area contributed by atoms with E-state index in [2.05, 4.69) is 29.4 Å². The van der Waals surface area contributed by atoms with Gasteiger partial charge in [-0.15, -0.1) is 0 Å². The number of aromatic nitrogens is 2. The fourth-order valence-electron chi connectivity index (χ4n) is 12.7. The molecule has 4 aliphatic carbocycles. The van der Waals surface area contributed by atoms with E-state index in [0.29, 0.717) is 111 Å². The van der Waals surface area contributed by atoms with Crippen LogP contribution in [0.1, 0.15) is 119 Å². The van der Waals surface area contributed by atoms with Crippen LogP contribution in [0.15, 0.2) is 58.9 Å². The van der Waals surface area contributed by atoms with Crippen molar-refractivity contribution in [2.24, 2.45) is 34.5 Å². The van der Waals surface area contributed by atoms with Crippen molar-refractivity contribution >= 4 is 40.1 Å². The number of nitrogens with one attached hydrogen (secondary N) is 2. The predicted molar refractivity (Wildman–Crippen MR) is 258 cm³/mol. The molecule has 0 radical (unpaired) electrons. The number of aromatic amines is 1. The number of carbonyl (C=O) groups excluding carboxylic acids is 5. The Kier molecular flexibility index (Phi) is 16.6. The number of ketones is 2. The average Bonchev–Trinajstić information content (AvgIpc) is 3.72. The van der Waals surface area contributed by atoms with Crippen LogP contribution < -0.4 is 10.9 Å². The molecular formula is C54H70FN5O9. The monoisotopic (exact) mass is 952 g/mol. The van der Waals surface area contributed by atoms with Crippen molar-refractivity contribution < 1.29 is 42.6 Å². The summed E-state index contributed by atoms with van der Waals surface area (Å²) < 4.78 is 32.0. The van der Waals surface area contributed by atoms with Crippen LogP contribution in [0.5, 0.6) is 0 Å². The fourth-order valence-corrected chi connectivity index (χ4v) is 12.7. The minimum absolute atomic E-state index is 0.000326. The molecule has 2 N–H and O–H groups in total. The lowest BCUT2D eigenvalue weighted by molar-refractivity contribution is -0.138. The van der Waals surface area contributed by atoms with E-state index in [1.807, 2.05) is 18.2 Å². The molecule has 1 saturated heterocycles. The molecule has 15 heteroatoms. The largest absolute Gasteiger partial charge is 0.379 e. The molecule has 5 aliphatic rings. The lowest BCUT2D eigenvalue weighted by atomic mass is 9.46. The van der Waals surface area contributed by atoms with E-state index in [9.17, 15) is 33.2 Å². The van der Waals surface area contributed by atoms with Crippen molar-refractivity contribution in [2.75, 3.05) is 72.4 Å². The molecule has 3 amide bonds. The summed E-state index contributed by atoms with van der Waals surface area (Å²) in [5, 5.41) is 10.8. The molecular weight excluding hydrogens is 882 g/mol. The zero-order valence-electron chi connectivity index (χ0n) is 40.5. The third-order valence-corrected chi connectivity index (χ3v) is 16.5. The number of carbonyl (C=O) groups is 5. The van der Waals surface area contributed by atoms with Crippen molar-refractivity contribution in [1.29, 1.82) is 0 Å². The average molecular weight is 952 g/mol. The Bertz CT molecular complexity index is 2450. The number of allylic oxidation sites excluding steroid dienone is 1. The first-order valence-electron chi connectivity index (χ1n) is 25.4. The van der Waals surface area contributed by atoms with Gasteiger partial charge in [0.05, 0.1) is 29.9 Å². The number of unbranched alkanes of at least 4 members (excludes halogenated alkanes) is 2. The molecule has 2 heterocycles. The Hall–Kier alpha value is -5.12. The lowest BCUT2D eigenvalue weighted by Gasteiger charge is -2.58. The first-order valence-corrected chi connectivity index (χ1v) is 25.4. The molecule has 372 valence electrons. The number of nitrogens with zero attached hydrogens (tertiary/aromatic N) is 3. The number of benzene rings is 2. The molecule has 2 aromatic carbocycles. The van der Waals surface area contributed by atoms with Gasteiger partial charge < -0.3 is 29.3 Å². The standard InChI is InChI=1S/C54H70FN5O9/c1-53-20-18-38(61)33-37(53)13-14-41-43-15-16-45(54(43,2)21-19-44(41)53)48(62)34-68-27-7-3-4-11-49(63)56-22-8-28-67-29-30-69-35-50(64)59-23-25-60(26-24-59)52(66)42-31-36(12-17-46(42)55)32-47-39-9-5-6-10-40(39)51(65)58-57-47/h5-6,9-10,12,17,31,33,41,43-45H,3-4,7-8,11,13-16,18-30,32,34-35H2,1-2H3,(H,56,63)(H,58,65)/t41-,43-,44?,45+,53-,54-/m0/s1. The van der Waals surface area contributed by atoms with Gasteiger partial charge in [-0.2, -0.15) is 5.10 Å². The second kappa shape index (κ2) is 22.7. The Balaban J connectivity index is 0.622. The molecule has 3 saturated carbocycles. The van der Waals surface area contributed by atoms with Gasteiger partial charge in [-0.05, 0) is 123 Å². The number of hydrogen-bond donors (Lipinski definition) is 2. The van der Waals surface area contributed by atoms with E-state index in [1.165, 1.54) is 17.7 Å². The Morgan fingerprint density at radius 3 is 2.38 bits per heavy atom. The maximum absolute atomic E-state index is 14.9. The molecule has 0 bridgehead atoms. The smallest absolute Gasteiger partial charge is 0.272 e. The third kappa shape index (κ3) is 11.6. The van der Waals surface area contributed by atoms with E-state index in [-0.39, 0.29) is 78.4 Å². The van der Waals surface area contributed by atoms with Gasteiger partial charge in [0.25, 0.3) is 11.5 Å². The molecule has 0 spiro atoms. The van der Waals surface area contributed by atoms with E-state index in [4.69, 9.17) is 14.2 Å². The molecule has 8 rings (SSSR count). The predicted octanol–water partition coefficient (Wildman–Crippen LogP) is 6.77. The molecule has 3 aromatic rings. The molecule has 1 aliphatic heterocycles. The van der Waals surface area contributed by atoms with Gasteiger partial charge in [-0.1, -0.05) is 50.1 Å². The third-order valence-electron chi connectivity index (χ3n) is 16.5. The number of ether oxygens (including phenoxy) is 3. The Morgan fingerprint density at radius 1 is 0.797 bits per heavy atom. The Morgan fingerprint density at radius 2 is 1.55 bits per heavy atom. The van der Waals surface area contributed by atoms with Gasteiger partial charge in [0, 0.05) is 76.5 Å². The van der Waals surface area contributed by atoms with Crippen LogP contribution in [-0.2, 0) is 39.8 Å². The topological polar surface area (TPSA) is 177 Å². The van der Waals surface area contributed by atoms with Crippen LogP contribution >= 0.6 is 0 Å². The first kappa shape index (κ1) is 50.3. The molecule has 14 nitrogen and oxygen atoms in total. The van der Waals surface area contributed by atoms with E-state index >= 15 is 0 Å². The van der Waals surface area contributed by atoms with Crippen LogP contribution in [0.25, 0.3) is 10.8 Å². The van der Waals surface area contributed by atoms with Gasteiger partial charge in [0.2, 0.25) is 11.8 Å². The zero-order valence-corrected chi connectivity index (χ0v) is 40.5. The minimum Gasteiger partial charge on any atom is -0.379 e. The fraction of sp³-hybridized carbons (Fsp3) is 0.611. The van der Waals surface area contributed by atoms with Crippen LogP contribution in [0.4, 0.5) is 4.39 Å².